The zero-order valence-electron chi connectivity index (χ0n) is 7.13. The van der Waals surface area contributed by atoms with E-state index in [4.69, 9.17) is 15.6 Å². The van der Waals surface area contributed by atoms with Crippen LogP contribution in [0.25, 0.3) is 0 Å². The minimum Gasteiger partial charge on any atom is -0.394 e. The second-order valence-electron chi connectivity index (χ2n) is 2.99. The number of ether oxygens (including phenoxy) is 1. The van der Waals surface area contributed by atoms with Gasteiger partial charge in [-0.1, -0.05) is 0 Å². The Morgan fingerprint density at radius 2 is 2.18 bits per heavy atom. The molecule has 1 amide bonds. The Balaban J connectivity index is 4.36. The van der Waals surface area contributed by atoms with Gasteiger partial charge in [0.2, 0.25) is 5.91 Å². The summed E-state index contributed by atoms with van der Waals surface area (Å²) in [7, 11) is 1.44. The number of aliphatic hydroxyl groups excluding tert-OH is 1. The van der Waals surface area contributed by atoms with Gasteiger partial charge >= 0.3 is 0 Å². The first-order valence-electron chi connectivity index (χ1n) is 3.40. The fourth-order valence-corrected chi connectivity index (χ4v) is 0.756. The predicted molar refractivity (Wildman–Crippen MR) is 40.9 cm³/mol. The van der Waals surface area contributed by atoms with Crippen molar-refractivity contribution in [1.82, 2.24) is 0 Å². The molecule has 4 heteroatoms. The number of rotatable bonds is 4. The molecule has 66 valence electrons. The van der Waals surface area contributed by atoms with Crippen LogP contribution in [0.2, 0.25) is 0 Å². The molecule has 0 aliphatic heterocycles. The average Bonchev–Trinajstić information content (AvgIpc) is 1.89. The van der Waals surface area contributed by atoms with Gasteiger partial charge in [-0.15, -0.1) is 0 Å². The second kappa shape index (κ2) is 3.69. The summed E-state index contributed by atoms with van der Waals surface area (Å²) in [6.07, 6.45) is -0.528. The lowest BCUT2D eigenvalue weighted by Gasteiger charge is -2.28. The van der Waals surface area contributed by atoms with Gasteiger partial charge in [-0.2, -0.15) is 0 Å². The van der Waals surface area contributed by atoms with Crippen LogP contribution in [0.3, 0.4) is 0 Å². The Morgan fingerprint density at radius 1 is 1.73 bits per heavy atom. The molecule has 3 N–H and O–H groups in total. The summed E-state index contributed by atoms with van der Waals surface area (Å²) >= 11 is 0. The number of nitrogens with two attached hydrogens (primary N) is 1. The summed E-state index contributed by atoms with van der Waals surface area (Å²) in [5.74, 6) is -0.474. The molecule has 0 aliphatic carbocycles. The van der Waals surface area contributed by atoms with E-state index in [0.717, 1.165) is 0 Å². The number of primary amides is 1. The quantitative estimate of drug-likeness (QED) is 0.584. The number of carbonyl (C=O) groups is 1. The van der Waals surface area contributed by atoms with Crippen molar-refractivity contribution in [3.8, 4) is 0 Å². The Hall–Kier alpha value is -0.610. The van der Waals surface area contributed by atoms with Crippen LogP contribution in [0.4, 0.5) is 0 Å². The monoisotopic (exact) mass is 161 g/mol. The van der Waals surface area contributed by atoms with Crippen molar-refractivity contribution >= 4 is 5.91 Å². The van der Waals surface area contributed by atoms with Gasteiger partial charge in [0.05, 0.1) is 18.1 Å². The molecule has 0 saturated heterocycles. The van der Waals surface area contributed by atoms with Crippen LogP contribution in [-0.4, -0.2) is 30.8 Å². The highest BCUT2D eigenvalue weighted by atomic mass is 16.5. The molecule has 0 saturated carbocycles. The Labute approximate surface area is 66.3 Å². The number of amides is 1. The highest BCUT2D eigenvalue weighted by molar-refractivity contribution is 5.80. The summed E-state index contributed by atoms with van der Waals surface area (Å²) in [6, 6.07) is 0. The minimum atomic E-state index is -0.816. The predicted octanol–water partition coefficient (Wildman–Crippen LogP) is -0.495. The van der Waals surface area contributed by atoms with Crippen LogP contribution >= 0.6 is 0 Å². The Morgan fingerprint density at radius 3 is 2.27 bits per heavy atom. The summed E-state index contributed by atoms with van der Waals surface area (Å²) < 4.78 is 4.87. The van der Waals surface area contributed by atoms with Crippen LogP contribution in [0, 0.1) is 5.41 Å². The molecule has 11 heavy (non-hydrogen) atoms. The zero-order chi connectivity index (χ0) is 9.07. The normalized spacial score (nSPS) is 14.5. The van der Waals surface area contributed by atoms with E-state index in [0.29, 0.717) is 0 Å². The van der Waals surface area contributed by atoms with E-state index in [1.165, 1.54) is 7.11 Å². The molecule has 0 radical (unpaired) electrons. The third kappa shape index (κ3) is 2.17. The maximum atomic E-state index is 10.8. The van der Waals surface area contributed by atoms with E-state index < -0.39 is 17.4 Å². The maximum Gasteiger partial charge on any atom is 0.225 e. The van der Waals surface area contributed by atoms with E-state index in [2.05, 4.69) is 0 Å². The molecule has 0 spiro atoms. The fourth-order valence-electron chi connectivity index (χ4n) is 0.756. The standard InChI is InChI=1S/C7H15NO3/c1-7(2,6(8)10)5(4-9)11-3/h5,9H,4H2,1-3H3,(H2,8,10). The van der Waals surface area contributed by atoms with Crippen LogP contribution < -0.4 is 5.73 Å². The van der Waals surface area contributed by atoms with Crippen LogP contribution in [0.15, 0.2) is 0 Å². The summed E-state index contributed by atoms with van der Waals surface area (Å²) in [6.45, 7) is 3.08. The molecular formula is C7H15NO3. The topological polar surface area (TPSA) is 72.6 Å². The van der Waals surface area contributed by atoms with Crippen molar-refractivity contribution in [2.75, 3.05) is 13.7 Å². The number of carbonyl (C=O) groups excluding carboxylic acids is 1. The van der Waals surface area contributed by atoms with E-state index in [-0.39, 0.29) is 6.61 Å². The summed E-state index contributed by atoms with van der Waals surface area (Å²) in [4.78, 5) is 10.8. The van der Waals surface area contributed by atoms with E-state index in [9.17, 15) is 4.79 Å². The highest BCUT2D eigenvalue weighted by Crippen LogP contribution is 2.21. The number of methoxy groups -OCH3 is 1. The van der Waals surface area contributed by atoms with E-state index >= 15 is 0 Å². The lowest BCUT2D eigenvalue weighted by atomic mass is 9.86. The van der Waals surface area contributed by atoms with Gasteiger partial charge in [-0.25, -0.2) is 0 Å². The molecule has 0 fully saturated rings. The van der Waals surface area contributed by atoms with Crippen LogP contribution in [0.1, 0.15) is 13.8 Å². The van der Waals surface area contributed by atoms with Gasteiger partial charge in [0.15, 0.2) is 0 Å². The maximum absolute atomic E-state index is 10.8. The highest BCUT2D eigenvalue weighted by Gasteiger charge is 2.34. The first-order valence-corrected chi connectivity index (χ1v) is 3.40. The molecule has 1 unspecified atom stereocenters. The number of hydrogen-bond acceptors (Lipinski definition) is 3. The minimum absolute atomic E-state index is 0.202. The molecule has 0 bridgehead atoms. The third-order valence-corrected chi connectivity index (χ3v) is 1.89. The zero-order valence-corrected chi connectivity index (χ0v) is 7.13. The molecule has 0 aromatic rings. The van der Waals surface area contributed by atoms with Crippen molar-refractivity contribution < 1.29 is 14.6 Å². The second-order valence-corrected chi connectivity index (χ2v) is 2.99. The first kappa shape index (κ1) is 10.4. The van der Waals surface area contributed by atoms with E-state index in [1.807, 2.05) is 0 Å². The van der Waals surface area contributed by atoms with Crippen LogP contribution in [0.5, 0.6) is 0 Å². The van der Waals surface area contributed by atoms with Crippen molar-refractivity contribution in [2.24, 2.45) is 11.1 Å². The van der Waals surface area contributed by atoms with E-state index in [1.54, 1.807) is 13.8 Å². The van der Waals surface area contributed by atoms with Crippen molar-refractivity contribution in [2.45, 2.75) is 20.0 Å². The summed E-state index contributed by atoms with van der Waals surface area (Å²) in [5.41, 5.74) is 4.28. The molecule has 0 aromatic heterocycles. The fraction of sp³-hybridized carbons (Fsp3) is 0.857. The van der Waals surface area contributed by atoms with Crippen molar-refractivity contribution in [3.63, 3.8) is 0 Å². The lowest BCUT2D eigenvalue weighted by Crippen LogP contribution is -2.44. The average molecular weight is 161 g/mol. The van der Waals surface area contributed by atoms with Gasteiger partial charge in [-0.3, -0.25) is 4.79 Å². The van der Waals surface area contributed by atoms with Gasteiger partial charge in [0, 0.05) is 7.11 Å². The first-order chi connectivity index (χ1) is 4.96. The van der Waals surface area contributed by atoms with Gasteiger partial charge in [-0.05, 0) is 13.8 Å². The molecule has 0 rings (SSSR count). The lowest BCUT2D eigenvalue weighted by molar-refractivity contribution is -0.135. The van der Waals surface area contributed by atoms with Crippen LogP contribution in [-0.2, 0) is 9.53 Å². The van der Waals surface area contributed by atoms with Crippen molar-refractivity contribution in [3.05, 3.63) is 0 Å². The van der Waals surface area contributed by atoms with Crippen molar-refractivity contribution in [1.29, 1.82) is 0 Å². The molecule has 4 nitrogen and oxygen atoms in total. The molecule has 0 aliphatic rings. The molecule has 1 atom stereocenters. The summed E-state index contributed by atoms with van der Waals surface area (Å²) in [5, 5.41) is 8.78. The Bertz CT molecular complexity index is 141. The molecule has 0 heterocycles. The molecule has 0 aromatic carbocycles. The molecular weight excluding hydrogens is 146 g/mol. The van der Waals surface area contributed by atoms with Gasteiger partial charge < -0.3 is 15.6 Å². The van der Waals surface area contributed by atoms with Gasteiger partial charge in [0.1, 0.15) is 0 Å². The van der Waals surface area contributed by atoms with Gasteiger partial charge in [0.25, 0.3) is 0 Å². The number of hydrogen-bond donors (Lipinski definition) is 2. The number of aliphatic hydroxyl groups is 1. The third-order valence-electron chi connectivity index (χ3n) is 1.89. The Kier molecular flexibility index (Phi) is 3.48. The smallest absolute Gasteiger partial charge is 0.225 e. The largest absolute Gasteiger partial charge is 0.394 e. The SMILES string of the molecule is COC(CO)C(C)(C)C(N)=O.